The molecule has 0 bridgehead atoms. The number of benzene rings is 3. The van der Waals surface area contributed by atoms with Crippen LogP contribution in [0.5, 0.6) is 0 Å². The first kappa shape index (κ1) is 20.4. The van der Waals surface area contributed by atoms with Gasteiger partial charge >= 0.3 is 0 Å². The van der Waals surface area contributed by atoms with Crippen molar-refractivity contribution in [1.82, 2.24) is 0 Å². The van der Waals surface area contributed by atoms with Crippen molar-refractivity contribution in [3.63, 3.8) is 0 Å². The molecule has 0 atom stereocenters. The lowest BCUT2D eigenvalue weighted by atomic mass is 10.1. The van der Waals surface area contributed by atoms with Crippen molar-refractivity contribution in [2.24, 2.45) is 0 Å². The third kappa shape index (κ3) is 5.33. The van der Waals surface area contributed by atoms with Crippen LogP contribution in [0.3, 0.4) is 0 Å². The highest BCUT2D eigenvalue weighted by atomic mass is 32.2. The molecule has 3 rings (SSSR count). The quantitative estimate of drug-likeness (QED) is 0.580. The van der Waals surface area contributed by atoms with E-state index < -0.39 is 10.0 Å². The number of carbonyl (C=O) groups excluding carboxylic acids is 1. The molecule has 5 nitrogen and oxygen atoms in total. The van der Waals surface area contributed by atoms with Gasteiger partial charge in [-0.15, -0.1) is 0 Å². The van der Waals surface area contributed by atoms with E-state index in [9.17, 15) is 13.2 Å². The van der Waals surface area contributed by atoms with Crippen LogP contribution >= 0.6 is 0 Å². The molecule has 6 heteroatoms. The topological polar surface area (TPSA) is 75.3 Å². The summed E-state index contributed by atoms with van der Waals surface area (Å²) in [5.74, 6) is -0.293. The Hall–Kier alpha value is -3.38. The van der Waals surface area contributed by atoms with E-state index in [4.69, 9.17) is 0 Å². The predicted molar refractivity (Wildman–Crippen MR) is 117 cm³/mol. The third-order valence-corrected chi connectivity index (χ3v) is 5.74. The van der Waals surface area contributed by atoms with Gasteiger partial charge in [-0.3, -0.25) is 9.52 Å². The van der Waals surface area contributed by atoms with Gasteiger partial charge in [0.25, 0.3) is 10.0 Å². The van der Waals surface area contributed by atoms with Crippen LogP contribution in [0.4, 0.5) is 11.4 Å². The summed E-state index contributed by atoms with van der Waals surface area (Å²) in [6, 6.07) is 21.1. The molecule has 0 saturated carbocycles. The number of hydrogen-bond acceptors (Lipinski definition) is 3. The van der Waals surface area contributed by atoms with E-state index in [2.05, 4.69) is 10.0 Å². The van der Waals surface area contributed by atoms with Crippen molar-refractivity contribution in [2.45, 2.75) is 18.7 Å². The molecule has 0 saturated heterocycles. The summed E-state index contributed by atoms with van der Waals surface area (Å²) < 4.78 is 28.0. The fraction of sp³-hybridized carbons (Fsp3) is 0.0870. The number of carbonyl (C=O) groups is 1. The smallest absolute Gasteiger partial charge is 0.261 e. The van der Waals surface area contributed by atoms with E-state index in [-0.39, 0.29) is 10.8 Å². The molecule has 148 valence electrons. The van der Waals surface area contributed by atoms with E-state index >= 15 is 0 Å². The number of anilines is 2. The highest BCUT2D eigenvalue weighted by molar-refractivity contribution is 7.92. The Morgan fingerprint density at radius 3 is 2.07 bits per heavy atom. The molecule has 0 aromatic heterocycles. The largest absolute Gasteiger partial charge is 0.323 e. The van der Waals surface area contributed by atoms with Crippen molar-refractivity contribution in [1.29, 1.82) is 0 Å². The van der Waals surface area contributed by atoms with Gasteiger partial charge in [0, 0.05) is 11.8 Å². The van der Waals surface area contributed by atoms with Gasteiger partial charge in [0.05, 0.1) is 10.6 Å². The maximum atomic E-state index is 12.7. The highest BCUT2D eigenvalue weighted by Crippen LogP contribution is 2.24. The molecule has 0 unspecified atom stereocenters. The first-order valence-corrected chi connectivity index (χ1v) is 10.6. The molecule has 0 fully saturated rings. The Morgan fingerprint density at radius 1 is 0.828 bits per heavy atom. The standard InChI is InChI=1S/C23H22N2O3S/c1-17-7-6-8-18(2)23(17)25-29(27,28)21-14-12-20(13-15-21)24-22(26)16-11-19-9-4-3-5-10-19/h3-16,25H,1-2H3,(H,24,26)/b16-11+. The van der Waals surface area contributed by atoms with Crippen LogP contribution in [-0.2, 0) is 14.8 Å². The van der Waals surface area contributed by atoms with Gasteiger partial charge in [-0.25, -0.2) is 8.42 Å². The normalized spacial score (nSPS) is 11.4. The van der Waals surface area contributed by atoms with Crippen LogP contribution in [0.25, 0.3) is 6.08 Å². The van der Waals surface area contributed by atoms with Crippen LogP contribution in [0, 0.1) is 13.8 Å². The zero-order chi connectivity index (χ0) is 20.9. The van der Waals surface area contributed by atoms with Gasteiger partial charge in [-0.05, 0) is 60.9 Å². The Morgan fingerprint density at radius 2 is 1.45 bits per heavy atom. The second-order valence-corrected chi connectivity index (χ2v) is 8.31. The number of para-hydroxylation sites is 1. The molecular formula is C23H22N2O3S. The second kappa shape index (κ2) is 8.75. The third-order valence-electron chi connectivity index (χ3n) is 4.38. The van der Waals surface area contributed by atoms with E-state index in [1.807, 2.05) is 62.4 Å². The molecule has 0 aliphatic rings. The fourth-order valence-electron chi connectivity index (χ4n) is 2.81. The predicted octanol–water partition coefficient (Wildman–Crippen LogP) is 4.76. The number of sulfonamides is 1. The van der Waals surface area contributed by atoms with Gasteiger partial charge in [0.1, 0.15) is 0 Å². The summed E-state index contributed by atoms with van der Waals surface area (Å²) in [7, 11) is -3.73. The lowest BCUT2D eigenvalue weighted by Gasteiger charge is -2.13. The fourth-order valence-corrected chi connectivity index (χ4v) is 4.01. The van der Waals surface area contributed by atoms with Crippen molar-refractivity contribution in [3.8, 4) is 0 Å². The zero-order valence-corrected chi connectivity index (χ0v) is 17.0. The van der Waals surface area contributed by atoms with Crippen molar-refractivity contribution in [2.75, 3.05) is 10.0 Å². The SMILES string of the molecule is Cc1cccc(C)c1NS(=O)(=O)c1ccc(NC(=O)/C=C/c2ccccc2)cc1. The van der Waals surface area contributed by atoms with Crippen LogP contribution in [-0.4, -0.2) is 14.3 Å². The number of amides is 1. The molecule has 3 aromatic rings. The Balaban J connectivity index is 1.69. The van der Waals surface area contributed by atoms with Crippen molar-refractivity contribution in [3.05, 3.63) is 95.6 Å². The van der Waals surface area contributed by atoms with E-state index in [0.717, 1.165) is 16.7 Å². The highest BCUT2D eigenvalue weighted by Gasteiger charge is 2.16. The van der Waals surface area contributed by atoms with E-state index in [1.165, 1.54) is 18.2 Å². The van der Waals surface area contributed by atoms with Crippen LogP contribution in [0.15, 0.2) is 83.8 Å². The average Bonchev–Trinajstić information content (AvgIpc) is 2.71. The van der Waals surface area contributed by atoms with Gasteiger partial charge in [0.15, 0.2) is 0 Å². The molecule has 3 aromatic carbocycles. The molecule has 0 radical (unpaired) electrons. The van der Waals surface area contributed by atoms with E-state index in [1.54, 1.807) is 18.2 Å². The van der Waals surface area contributed by atoms with Gasteiger partial charge in [0.2, 0.25) is 5.91 Å². The summed E-state index contributed by atoms with van der Waals surface area (Å²) in [4.78, 5) is 12.2. The second-order valence-electron chi connectivity index (χ2n) is 6.63. The Bertz CT molecular complexity index is 1120. The van der Waals surface area contributed by atoms with Gasteiger partial charge in [-0.2, -0.15) is 0 Å². The number of rotatable bonds is 6. The Kier molecular flexibility index (Phi) is 6.14. The summed E-state index contributed by atoms with van der Waals surface area (Å²) in [5.41, 5.74) is 3.71. The maximum Gasteiger partial charge on any atom is 0.261 e. The monoisotopic (exact) mass is 406 g/mol. The molecule has 2 N–H and O–H groups in total. The number of aryl methyl sites for hydroxylation is 2. The van der Waals surface area contributed by atoms with Crippen LogP contribution in [0.2, 0.25) is 0 Å². The molecule has 0 aliphatic heterocycles. The van der Waals surface area contributed by atoms with Gasteiger partial charge < -0.3 is 5.32 Å². The summed E-state index contributed by atoms with van der Waals surface area (Å²) in [6.07, 6.45) is 3.14. The summed E-state index contributed by atoms with van der Waals surface area (Å²) in [6.45, 7) is 3.71. The molecular weight excluding hydrogens is 384 g/mol. The summed E-state index contributed by atoms with van der Waals surface area (Å²) >= 11 is 0. The van der Waals surface area contributed by atoms with Crippen molar-refractivity contribution >= 4 is 33.4 Å². The van der Waals surface area contributed by atoms with Crippen LogP contribution < -0.4 is 10.0 Å². The summed E-state index contributed by atoms with van der Waals surface area (Å²) in [5, 5.41) is 2.72. The zero-order valence-electron chi connectivity index (χ0n) is 16.2. The lowest BCUT2D eigenvalue weighted by molar-refractivity contribution is -0.111. The minimum absolute atomic E-state index is 0.123. The number of nitrogens with one attached hydrogen (secondary N) is 2. The molecule has 0 spiro atoms. The number of hydrogen-bond donors (Lipinski definition) is 2. The maximum absolute atomic E-state index is 12.7. The van der Waals surface area contributed by atoms with Crippen molar-refractivity contribution < 1.29 is 13.2 Å². The first-order chi connectivity index (χ1) is 13.8. The minimum atomic E-state index is -3.73. The first-order valence-electron chi connectivity index (χ1n) is 9.08. The lowest BCUT2D eigenvalue weighted by Crippen LogP contribution is -2.15. The molecule has 29 heavy (non-hydrogen) atoms. The average molecular weight is 407 g/mol. The van der Waals surface area contributed by atoms with Gasteiger partial charge in [-0.1, -0.05) is 48.5 Å². The molecule has 0 aliphatic carbocycles. The Labute approximate surface area is 171 Å². The molecule has 1 amide bonds. The van der Waals surface area contributed by atoms with Crippen LogP contribution in [0.1, 0.15) is 16.7 Å². The molecule has 0 heterocycles. The van der Waals surface area contributed by atoms with E-state index in [0.29, 0.717) is 11.4 Å². The minimum Gasteiger partial charge on any atom is -0.323 e.